The molecule has 17 heavy (non-hydrogen) atoms. The molecular formula is C12H16O5. The van der Waals surface area contributed by atoms with Crippen LogP contribution in [0.5, 0.6) is 5.75 Å². The van der Waals surface area contributed by atoms with E-state index in [1.807, 2.05) is 6.92 Å². The summed E-state index contributed by atoms with van der Waals surface area (Å²) in [4.78, 5) is 11.3. The first-order valence-corrected chi connectivity index (χ1v) is 5.68. The molecule has 0 saturated carbocycles. The van der Waals surface area contributed by atoms with E-state index in [9.17, 15) is 9.90 Å². The van der Waals surface area contributed by atoms with Crippen LogP contribution in [0.25, 0.3) is 0 Å². The third-order valence-electron chi connectivity index (χ3n) is 2.91. The Morgan fingerprint density at radius 3 is 3.00 bits per heavy atom. The van der Waals surface area contributed by atoms with Gasteiger partial charge in [-0.05, 0) is 6.42 Å². The fraction of sp³-hybridized carbons (Fsp3) is 0.583. The number of fused-ring (bicyclic) bond motifs is 1. The minimum Gasteiger partial charge on any atom is -0.496 e. The van der Waals surface area contributed by atoms with Crippen LogP contribution in [-0.2, 0) is 11.3 Å². The standard InChI is InChI=1S/C12H16O5/c1-3-4-8-11(14)12-7(6-16-8)9(15-2)5-10(13)17-12/h5,8,11,14H,3-4,6H2,1-2H3/t8-,11+/m0/s1. The van der Waals surface area contributed by atoms with Crippen LogP contribution in [0.4, 0.5) is 0 Å². The molecular weight excluding hydrogens is 224 g/mol. The van der Waals surface area contributed by atoms with Gasteiger partial charge in [0.2, 0.25) is 0 Å². The molecule has 0 spiro atoms. The van der Waals surface area contributed by atoms with Crippen molar-refractivity contribution in [2.75, 3.05) is 7.11 Å². The van der Waals surface area contributed by atoms with Crippen LogP contribution in [0.1, 0.15) is 37.2 Å². The van der Waals surface area contributed by atoms with Crippen LogP contribution in [0.2, 0.25) is 0 Å². The summed E-state index contributed by atoms with van der Waals surface area (Å²) in [6.07, 6.45) is 0.400. The number of rotatable bonds is 3. The summed E-state index contributed by atoms with van der Waals surface area (Å²) in [7, 11) is 1.47. The van der Waals surface area contributed by atoms with E-state index in [-0.39, 0.29) is 11.9 Å². The highest BCUT2D eigenvalue weighted by Crippen LogP contribution is 2.35. The van der Waals surface area contributed by atoms with Gasteiger partial charge in [-0.2, -0.15) is 0 Å². The fourth-order valence-electron chi connectivity index (χ4n) is 2.05. The molecule has 0 unspecified atom stereocenters. The van der Waals surface area contributed by atoms with Crippen LogP contribution in [-0.4, -0.2) is 18.3 Å². The van der Waals surface area contributed by atoms with Gasteiger partial charge in [-0.1, -0.05) is 13.3 Å². The molecule has 5 nitrogen and oxygen atoms in total. The van der Waals surface area contributed by atoms with Gasteiger partial charge in [0.25, 0.3) is 0 Å². The van der Waals surface area contributed by atoms with Crippen molar-refractivity contribution in [2.45, 2.75) is 38.6 Å². The Balaban J connectivity index is 2.42. The van der Waals surface area contributed by atoms with Gasteiger partial charge in [-0.25, -0.2) is 4.79 Å². The predicted molar refractivity (Wildman–Crippen MR) is 60.0 cm³/mol. The summed E-state index contributed by atoms with van der Waals surface area (Å²) in [5, 5.41) is 10.1. The SMILES string of the molecule is CCC[C@@H]1OCc2c(OC)cc(=O)oc2[C@@H]1O. The smallest absolute Gasteiger partial charge is 0.339 e. The van der Waals surface area contributed by atoms with Crippen molar-refractivity contribution in [3.05, 3.63) is 27.8 Å². The van der Waals surface area contributed by atoms with Gasteiger partial charge in [0.05, 0.1) is 31.5 Å². The first kappa shape index (κ1) is 12.1. The third-order valence-corrected chi connectivity index (χ3v) is 2.91. The van der Waals surface area contributed by atoms with Crippen LogP contribution in [0.3, 0.4) is 0 Å². The lowest BCUT2D eigenvalue weighted by molar-refractivity contribution is -0.0795. The Bertz CT molecular complexity index is 451. The molecule has 0 fully saturated rings. The largest absolute Gasteiger partial charge is 0.496 e. The lowest BCUT2D eigenvalue weighted by Gasteiger charge is -2.29. The minimum absolute atomic E-state index is 0.277. The number of ether oxygens (including phenoxy) is 2. The topological polar surface area (TPSA) is 68.9 Å². The van der Waals surface area contributed by atoms with E-state index >= 15 is 0 Å². The number of aliphatic hydroxyl groups is 1. The molecule has 0 saturated heterocycles. The molecule has 1 aliphatic rings. The summed E-state index contributed by atoms with van der Waals surface area (Å²) in [5.74, 6) is 0.685. The van der Waals surface area contributed by atoms with Gasteiger partial charge < -0.3 is 19.0 Å². The zero-order valence-corrected chi connectivity index (χ0v) is 9.93. The van der Waals surface area contributed by atoms with Gasteiger partial charge in [0, 0.05) is 0 Å². The van der Waals surface area contributed by atoms with Crippen LogP contribution < -0.4 is 10.4 Å². The Morgan fingerprint density at radius 1 is 1.59 bits per heavy atom. The molecule has 5 heteroatoms. The fourth-order valence-corrected chi connectivity index (χ4v) is 2.05. The second kappa shape index (κ2) is 4.89. The second-order valence-electron chi connectivity index (χ2n) is 4.06. The van der Waals surface area contributed by atoms with E-state index in [2.05, 4.69) is 0 Å². The zero-order chi connectivity index (χ0) is 12.4. The van der Waals surface area contributed by atoms with Crippen molar-refractivity contribution in [3.8, 4) is 5.75 Å². The average Bonchev–Trinajstić information content (AvgIpc) is 2.32. The molecule has 94 valence electrons. The highest BCUT2D eigenvalue weighted by Gasteiger charge is 2.33. The van der Waals surface area contributed by atoms with E-state index in [0.29, 0.717) is 17.9 Å². The van der Waals surface area contributed by atoms with Crippen molar-refractivity contribution < 1.29 is 19.0 Å². The van der Waals surface area contributed by atoms with E-state index in [1.165, 1.54) is 13.2 Å². The summed E-state index contributed by atoms with van der Waals surface area (Å²) < 4.78 is 15.7. The molecule has 0 aromatic carbocycles. The minimum atomic E-state index is -0.901. The maximum Gasteiger partial charge on any atom is 0.339 e. The Morgan fingerprint density at radius 2 is 2.35 bits per heavy atom. The maximum atomic E-state index is 11.3. The van der Waals surface area contributed by atoms with Gasteiger partial charge in [0.15, 0.2) is 0 Å². The summed E-state index contributed by atoms with van der Waals surface area (Å²) in [5.41, 5.74) is 0.101. The predicted octanol–water partition coefficient (Wildman–Crippen LogP) is 1.38. The average molecular weight is 240 g/mol. The van der Waals surface area contributed by atoms with Gasteiger partial charge in [0.1, 0.15) is 17.6 Å². The van der Waals surface area contributed by atoms with Crippen molar-refractivity contribution in [3.63, 3.8) is 0 Å². The molecule has 0 bridgehead atoms. The molecule has 1 aliphatic heterocycles. The van der Waals surface area contributed by atoms with Crippen LogP contribution >= 0.6 is 0 Å². The quantitative estimate of drug-likeness (QED) is 0.864. The first-order valence-electron chi connectivity index (χ1n) is 5.68. The number of hydrogen-bond donors (Lipinski definition) is 1. The van der Waals surface area contributed by atoms with Gasteiger partial charge >= 0.3 is 5.63 Å². The van der Waals surface area contributed by atoms with Gasteiger partial charge in [-0.15, -0.1) is 0 Å². The second-order valence-corrected chi connectivity index (χ2v) is 4.06. The summed E-state index contributed by atoms with van der Waals surface area (Å²) >= 11 is 0. The maximum absolute atomic E-state index is 11.3. The van der Waals surface area contributed by atoms with E-state index < -0.39 is 11.7 Å². The van der Waals surface area contributed by atoms with Gasteiger partial charge in [-0.3, -0.25) is 0 Å². The van der Waals surface area contributed by atoms with Crippen LogP contribution in [0.15, 0.2) is 15.3 Å². The van der Waals surface area contributed by atoms with Crippen molar-refractivity contribution in [1.29, 1.82) is 0 Å². The summed E-state index contributed by atoms with van der Waals surface area (Å²) in [6, 6.07) is 1.26. The Hall–Kier alpha value is -1.33. The lowest BCUT2D eigenvalue weighted by atomic mass is 9.99. The molecule has 2 rings (SSSR count). The molecule has 0 radical (unpaired) electrons. The number of hydrogen-bond acceptors (Lipinski definition) is 5. The highest BCUT2D eigenvalue weighted by molar-refractivity contribution is 5.36. The Labute approximate surface area is 99.0 Å². The highest BCUT2D eigenvalue weighted by atomic mass is 16.5. The van der Waals surface area contributed by atoms with E-state index in [4.69, 9.17) is 13.9 Å². The van der Waals surface area contributed by atoms with Crippen molar-refractivity contribution in [2.24, 2.45) is 0 Å². The zero-order valence-electron chi connectivity index (χ0n) is 9.93. The number of aliphatic hydroxyl groups excluding tert-OH is 1. The molecule has 0 amide bonds. The Kier molecular flexibility index (Phi) is 3.49. The monoisotopic (exact) mass is 240 g/mol. The molecule has 2 heterocycles. The van der Waals surface area contributed by atoms with Crippen molar-refractivity contribution in [1.82, 2.24) is 0 Å². The third kappa shape index (κ3) is 2.21. The van der Waals surface area contributed by atoms with E-state index in [1.54, 1.807) is 0 Å². The summed E-state index contributed by atoms with van der Waals surface area (Å²) in [6.45, 7) is 2.30. The van der Waals surface area contributed by atoms with E-state index in [0.717, 1.165) is 12.8 Å². The molecule has 0 aliphatic carbocycles. The molecule has 1 aromatic heterocycles. The number of methoxy groups -OCH3 is 1. The van der Waals surface area contributed by atoms with Crippen molar-refractivity contribution >= 4 is 0 Å². The normalized spacial score (nSPS) is 23.2. The molecule has 2 atom stereocenters. The van der Waals surface area contributed by atoms with Crippen LogP contribution in [0, 0.1) is 0 Å². The molecule has 1 N–H and O–H groups in total. The lowest BCUT2D eigenvalue weighted by Crippen LogP contribution is -2.29. The first-order chi connectivity index (χ1) is 8.17. The molecule has 1 aromatic rings.